The van der Waals surface area contributed by atoms with Crippen molar-refractivity contribution in [2.45, 2.75) is 38.8 Å². The molecule has 28 heavy (non-hydrogen) atoms. The van der Waals surface area contributed by atoms with Crippen molar-refractivity contribution in [3.05, 3.63) is 52.7 Å². The zero-order valence-corrected chi connectivity index (χ0v) is 15.0. The molecule has 3 heterocycles. The van der Waals surface area contributed by atoms with Crippen molar-refractivity contribution < 1.29 is 23.2 Å². The molecule has 3 amide bonds. The van der Waals surface area contributed by atoms with Gasteiger partial charge in [-0.1, -0.05) is 6.07 Å². The van der Waals surface area contributed by atoms with E-state index in [1.54, 1.807) is 31.2 Å². The van der Waals surface area contributed by atoms with Gasteiger partial charge in [-0.3, -0.25) is 24.7 Å². The number of hydrogen-bond acceptors (Lipinski definition) is 4. The number of rotatable bonds is 3. The molecular formula is C20H17F2N3O3. The highest BCUT2D eigenvalue weighted by atomic mass is 19.3. The number of carbonyl (C=O) groups is 3. The minimum atomic E-state index is -2.58. The van der Waals surface area contributed by atoms with Crippen LogP contribution in [0.5, 0.6) is 0 Å². The molecule has 2 aliphatic heterocycles. The van der Waals surface area contributed by atoms with Crippen LogP contribution in [-0.4, -0.2) is 33.6 Å². The fourth-order valence-electron chi connectivity index (χ4n) is 3.69. The lowest BCUT2D eigenvalue weighted by Crippen LogP contribution is -2.52. The average molecular weight is 385 g/mol. The molecule has 2 aliphatic rings. The van der Waals surface area contributed by atoms with Gasteiger partial charge in [-0.25, -0.2) is 8.78 Å². The number of nitrogens with one attached hydrogen (secondary N) is 1. The van der Waals surface area contributed by atoms with Crippen molar-refractivity contribution in [3.63, 3.8) is 0 Å². The Morgan fingerprint density at radius 3 is 2.68 bits per heavy atom. The van der Waals surface area contributed by atoms with Gasteiger partial charge in [-0.2, -0.15) is 0 Å². The zero-order valence-electron chi connectivity index (χ0n) is 15.0. The molecule has 0 aliphatic carbocycles. The summed E-state index contributed by atoms with van der Waals surface area (Å²) in [6, 6.07) is 6.10. The molecule has 2 aromatic rings. The second kappa shape index (κ2) is 6.78. The van der Waals surface area contributed by atoms with Gasteiger partial charge in [0, 0.05) is 35.9 Å². The molecular weight excluding hydrogens is 368 g/mol. The van der Waals surface area contributed by atoms with E-state index in [2.05, 4.69) is 10.3 Å². The van der Waals surface area contributed by atoms with Crippen LogP contribution in [-0.2, 0) is 16.1 Å². The summed E-state index contributed by atoms with van der Waals surface area (Å²) < 4.78 is 25.8. The third-order valence-corrected chi connectivity index (χ3v) is 5.21. The van der Waals surface area contributed by atoms with E-state index in [1.807, 2.05) is 0 Å². The third-order valence-electron chi connectivity index (χ3n) is 5.21. The average Bonchev–Trinajstić information content (AvgIpc) is 2.97. The largest absolute Gasteiger partial charge is 0.322 e. The summed E-state index contributed by atoms with van der Waals surface area (Å²) in [5.74, 6) is -1.05. The van der Waals surface area contributed by atoms with E-state index in [9.17, 15) is 23.2 Å². The van der Waals surface area contributed by atoms with Gasteiger partial charge in [-0.05, 0) is 42.7 Å². The van der Waals surface area contributed by atoms with E-state index in [1.165, 1.54) is 11.1 Å². The second-order valence-corrected chi connectivity index (χ2v) is 7.00. The molecule has 144 valence electrons. The van der Waals surface area contributed by atoms with E-state index in [0.29, 0.717) is 28.8 Å². The number of carbonyl (C=O) groups excluding carboxylic acids is 3. The Labute approximate surface area is 159 Å². The number of halogens is 2. The quantitative estimate of drug-likeness (QED) is 0.824. The van der Waals surface area contributed by atoms with Crippen molar-refractivity contribution in [1.29, 1.82) is 0 Å². The van der Waals surface area contributed by atoms with E-state index in [-0.39, 0.29) is 30.3 Å². The van der Waals surface area contributed by atoms with Crippen LogP contribution in [0.4, 0.5) is 8.78 Å². The molecule has 1 aromatic heterocycles. The van der Waals surface area contributed by atoms with Crippen LogP contribution in [0.15, 0.2) is 30.5 Å². The number of pyridine rings is 1. The Morgan fingerprint density at radius 1 is 1.21 bits per heavy atom. The van der Waals surface area contributed by atoms with E-state index >= 15 is 0 Å². The Hall–Kier alpha value is -3.16. The molecule has 1 fully saturated rings. The Balaban J connectivity index is 1.62. The molecule has 4 rings (SSSR count). The first-order valence-corrected chi connectivity index (χ1v) is 8.88. The van der Waals surface area contributed by atoms with Crippen LogP contribution in [0.1, 0.15) is 46.3 Å². The monoisotopic (exact) mass is 385 g/mol. The molecule has 0 spiro atoms. The van der Waals surface area contributed by atoms with Crippen LogP contribution < -0.4 is 5.32 Å². The SMILES string of the molecule is Cc1cc(-c2ccc3c(c2)CN(C2CCC(=O)NC2=O)C3=O)ncc1C(F)F. The highest BCUT2D eigenvalue weighted by Crippen LogP contribution is 2.32. The number of aromatic nitrogens is 1. The van der Waals surface area contributed by atoms with Gasteiger partial charge in [0.1, 0.15) is 6.04 Å². The minimum Gasteiger partial charge on any atom is -0.322 e. The van der Waals surface area contributed by atoms with Gasteiger partial charge >= 0.3 is 0 Å². The topological polar surface area (TPSA) is 79.4 Å². The predicted molar refractivity (Wildman–Crippen MR) is 95.4 cm³/mol. The molecule has 0 radical (unpaired) electrons. The van der Waals surface area contributed by atoms with Crippen LogP contribution in [0, 0.1) is 6.92 Å². The van der Waals surface area contributed by atoms with Crippen LogP contribution in [0.25, 0.3) is 11.3 Å². The lowest BCUT2D eigenvalue weighted by molar-refractivity contribution is -0.136. The lowest BCUT2D eigenvalue weighted by Gasteiger charge is -2.29. The minimum absolute atomic E-state index is 0.107. The molecule has 1 saturated heterocycles. The Morgan fingerprint density at radius 2 is 2.00 bits per heavy atom. The second-order valence-electron chi connectivity index (χ2n) is 7.00. The van der Waals surface area contributed by atoms with Gasteiger partial charge in [0.05, 0.1) is 5.69 Å². The Kier molecular flexibility index (Phi) is 4.41. The van der Waals surface area contributed by atoms with Gasteiger partial charge in [0.15, 0.2) is 0 Å². The summed E-state index contributed by atoms with van der Waals surface area (Å²) in [6.07, 6.45) is -0.918. The number of fused-ring (bicyclic) bond motifs is 1. The van der Waals surface area contributed by atoms with Gasteiger partial charge < -0.3 is 4.90 Å². The molecule has 1 atom stereocenters. The van der Waals surface area contributed by atoms with Gasteiger partial charge in [-0.15, -0.1) is 0 Å². The maximum absolute atomic E-state index is 12.9. The first-order chi connectivity index (χ1) is 13.3. The fourth-order valence-corrected chi connectivity index (χ4v) is 3.69. The molecule has 8 heteroatoms. The zero-order chi connectivity index (χ0) is 20.0. The first-order valence-electron chi connectivity index (χ1n) is 8.88. The molecule has 0 saturated carbocycles. The molecule has 1 N–H and O–H groups in total. The number of nitrogens with zero attached hydrogens (tertiary/aromatic N) is 2. The number of alkyl halides is 2. The standard InChI is InChI=1S/C20H17F2N3O3/c1-10-6-15(23-8-14(10)18(21)22)11-2-3-13-12(7-11)9-25(20(13)28)16-4-5-17(26)24-19(16)27/h2-3,6-8,16,18H,4-5,9H2,1H3,(H,24,26,27). The van der Waals surface area contributed by atoms with Crippen LogP contribution >= 0.6 is 0 Å². The van der Waals surface area contributed by atoms with Gasteiger partial charge in [0.25, 0.3) is 12.3 Å². The van der Waals surface area contributed by atoms with E-state index in [0.717, 1.165) is 5.56 Å². The number of hydrogen-bond donors (Lipinski definition) is 1. The number of benzene rings is 1. The summed E-state index contributed by atoms with van der Waals surface area (Å²) in [6.45, 7) is 1.86. The number of amides is 3. The highest BCUT2D eigenvalue weighted by Gasteiger charge is 2.39. The fraction of sp³-hybridized carbons (Fsp3) is 0.300. The number of aryl methyl sites for hydroxylation is 1. The predicted octanol–water partition coefficient (Wildman–Crippen LogP) is 2.76. The van der Waals surface area contributed by atoms with Crippen LogP contribution in [0.3, 0.4) is 0 Å². The summed E-state index contributed by atoms with van der Waals surface area (Å²) in [5.41, 5.74) is 2.82. The highest BCUT2D eigenvalue weighted by molar-refractivity contribution is 6.05. The molecule has 6 nitrogen and oxygen atoms in total. The van der Waals surface area contributed by atoms with Crippen molar-refractivity contribution in [1.82, 2.24) is 15.2 Å². The van der Waals surface area contributed by atoms with Crippen molar-refractivity contribution in [2.75, 3.05) is 0 Å². The number of piperidine rings is 1. The van der Waals surface area contributed by atoms with Crippen molar-refractivity contribution in [2.24, 2.45) is 0 Å². The summed E-state index contributed by atoms with van der Waals surface area (Å²) in [4.78, 5) is 41.7. The summed E-state index contributed by atoms with van der Waals surface area (Å²) >= 11 is 0. The maximum Gasteiger partial charge on any atom is 0.265 e. The molecule has 0 bridgehead atoms. The van der Waals surface area contributed by atoms with E-state index < -0.39 is 18.4 Å². The Bertz CT molecular complexity index is 1010. The molecule has 1 aromatic carbocycles. The number of imide groups is 1. The smallest absolute Gasteiger partial charge is 0.265 e. The summed E-state index contributed by atoms with van der Waals surface area (Å²) in [5, 5.41) is 2.27. The maximum atomic E-state index is 12.9. The summed E-state index contributed by atoms with van der Waals surface area (Å²) in [7, 11) is 0. The molecule has 1 unspecified atom stereocenters. The third kappa shape index (κ3) is 3.04. The van der Waals surface area contributed by atoms with E-state index in [4.69, 9.17) is 0 Å². The lowest BCUT2D eigenvalue weighted by atomic mass is 10.0. The first kappa shape index (κ1) is 18.2. The van der Waals surface area contributed by atoms with Crippen molar-refractivity contribution >= 4 is 17.7 Å². The normalized spacial score (nSPS) is 19.2. The van der Waals surface area contributed by atoms with Gasteiger partial charge in [0.2, 0.25) is 11.8 Å². The van der Waals surface area contributed by atoms with Crippen molar-refractivity contribution in [3.8, 4) is 11.3 Å². The van der Waals surface area contributed by atoms with Crippen LogP contribution in [0.2, 0.25) is 0 Å².